The molecule has 0 aromatic heterocycles. The number of nitrogens with zero attached hydrogens (tertiary/aromatic N) is 2. The Labute approximate surface area is 78.9 Å². The lowest BCUT2D eigenvalue weighted by Crippen LogP contribution is -1.95. The number of benzene rings is 1. The van der Waals surface area contributed by atoms with Crippen LogP contribution in [0, 0.1) is 20.2 Å². The van der Waals surface area contributed by atoms with Gasteiger partial charge in [0.1, 0.15) is 0 Å². The molecule has 0 atom stereocenters. The number of aliphatic hydroxyl groups is 1. The fourth-order valence-electron chi connectivity index (χ4n) is 0.773. The molecule has 1 rings (SSSR count). The van der Waals surface area contributed by atoms with E-state index in [1.54, 1.807) is 0 Å². The van der Waals surface area contributed by atoms with Crippen molar-refractivity contribution in [1.29, 1.82) is 0 Å². The standard InChI is InChI=1S/C6H4N2O4.CH4O/c9-7(10)5-3-1-2-4-6(5)8(11)12;1-2/h1-4H;2H,1H3. The summed E-state index contributed by atoms with van der Waals surface area (Å²) >= 11 is 0. The first-order valence-corrected chi connectivity index (χ1v) is 3.45. The molecule has 0 amide bonds. The predicted octanol–water partition coefficient (Wildman–Crippen LogP) is 1.11. The van der Waals surface area contributed by atoms with Gasteiger partial charge in [-0.1, -0.05) is 12.1 Å². The Hall–Kier alpha value is -2.02. The Bertz CT molecular complexity index is 306. The molecular formula is C7H8N2O5. The second-order valence-corrected chi connectivity index (χ2v) is 2.00. The van der Waals surface area contributed by atoms with E-state index in [2.05, 4.69) is 0 Å². The molecule has 0 heterocycles. The summed E-state index contributed by atoms with van der Waals surface area (Å²) in [5, 5.41) is 27.5. The first-order valence-electron chi connectivity index (χ1n) is 3.45. The molecule has 7 heteroatoms. The first-order chi connectivity index (χ1) is 6.63. The van der Waals surface area contributed by atoms with Crippen molar-refractivity contribution in [3.05, 3.63) is 44.5 Å². The van der Waals surface area contributed by atoms with E-state index in [4.69, 9.17) is 5.11 Å². The molecular weight excluding hydrogens is 192 g/mol. The quantitative estimate of drug-likeness (QED) is 0.568. The van der Waals surface area contributed by atoms with Gasteiger partial charge in [0.05, 0.1) is 9.85 Å². The number of hydrogen-bond acceptors (Lipinski definition) is 5. The fourth-order valence-corrected chi connectivity index (χ4v) is 0.773. The van der Waals surface area contributed by atoms with Crippen molar-refractivity contribution in [2.24, 2.45) is 0 Å². The number of rotatable bonds is 2. The van der Waals surface area contributed by atoms with E-state index in [1.165, 1.54) is 12.1 Å². The van der Waals surface area contributed by atoms with Crippen molar-refractivity contribution < 1.29 is 15.0 Å². The Balaban J connectivity index is 0.000000791. The molecule has 14 heavy (non-hydrogen) atoms. The molecule has 7 nitrogen and oxygen atoms in total. The van der Waals surface area contributed by atoms with Gasteiger partial charge in [-0.15, -0.1) is 0 Å². The summed E-state index contributed by atoms with van der Waals surface area (Å²) in [6.45, 7) is 0. The van der Waals surface area contributed by atoms with Crippen LogP contribution in [0.1, 0.15) is 0 Å². The Morgan fingerprint density at radius 2 is 1.29 bits per heavy atom. The topological polar surface area (TPSA) is 107 Å². The van der Waals surface area contributed by atoms with Gasteiger partial charge in [-0.25, -0.2) is 0 Å². The maximum Gasteiger partial charge on any atom is 0.346 e. The highest BCUT2D eigenvalue weighted by molar-refractivity contribution is 5.51. The third-order valence-corrected chi connectivity index (χ3v) is 1.28. The Morgan fingerprint density at radius 3 is 1.50 bits per heavy atom. The van der Waals surface area contributed by atoms with Gasteiger partial charge >= 0.3 is 11.4 Å². The molecule has 1 aromatic rings. The van der Waals surface area contributed by atoms with Crippen molar-refractivity contribution in [2.75, 3.05) is 7.11 Å². The number of hydrogen-bond donors (Lipinski definition) is 1. The number of para-hydroxylation sites is 2. The monoisotopic (exact) mass is 200 g/mol. The minimum atomic E-state index is -0.780. The van der Waals surface area contributed by atoms with Gasteiger partial charge < -0.3 is 5.11 Å². The minimum absolute atomic E-state index is 0.484. The van der Waals surface area contributed by atoms with E-state index in [1.807, 2.05) is 0 Å². The van der Waals surface area contributed by atoms with E-state index < -0.39 is 21.2 Å². The molecule has 0 aliphatic heterocycles. The van der Waals surface area contributed by atoms with E-state index in [-0.39, 0.29) is 0 Å². The predicted molar refractivity (Wildman–Crippen MR) is 47.9 cm³/mol. The summed E-state index contributed by atoms with van der Waals surface area (Å²) in [6.07, 6.45) is 0. The largest absolute Gasteiger partial charge is 0.400 e. The molecule has 0 aliphatic rings. The molecule has 0 aliphatic carbocycles. The molecule has 0 unspecified atom stereocenters. The molecule has 0 fully saturated rings. The average Bonchev–Trinajstić information content (AvgIpc) is 2.20. The normalized spacial score (nSPS) is 8.43. The number of aliphatic hydroxyl groups excluding tert-OH is 1. The van der Waals surface area contributed by atoms with Crippen LogP contribution in [0.25, 0.3) is 0 Å². The second-order valence-electron chi connectivity index (χ2n) is 2.00. The summed E-state index contributed by atoms with van der Waals surface area (Å²) in [7, 11) is 1.00. The van der Waals surface area contributed by atoms with Crippen LogP contribution in [0.5, 0.6) is 0 Å². The number of nitro groups is 2. The molecule has 1 N–H and O–H groups in total. The average molecular weight is 200 g/mol. The van der Waals surface area contributed by atoms with Gasteiger partial charge in [-0.2, -0.15) is 0 Å². The van der Waals surface area contributed by atoms with Crippen molar-refractivity contribution in [2.45, 2.75) is 0 Å². The van der Waals surface area contributed by atoms with Gasteiger partial charge in [0.15, 0.2) is 0 Å². The van der Waals surface area contributed by atoms with Gasteiger partial charge in [0, 0.05) is 19.2 Å². The lowest BCUT2D eigenvalue weighted by molar-refractivity contribution is -0.422. The molecule has 1 aromatic carbocycles. The van der Waals surface area contributed by atoms with Gasteiger partial charge in [-0.05, 0) is 0 Å². The Kier molecular flexibility index (Phi) is 4.79. The second kappa shape index (κ2) is 5.60. The zero-order chi connectivity index (χ0) is 11.1. The lowest BCUT2D eigenvalue weighted by atomic mass is 10.3. The zero-order valence-electron chi connectivity index (χ0n) is 7.28. The summed E-state index contributed by atoms with van der Waals surface area (Å²) in [5.74, 6) is 0. The van der Waals surface area contributed by atoms with Crippen LogP contribution in [0.15, 0.2) is 24.3 Å². The maximum atomic E-state index is 10.2. The van der Waals surface area contributed by atoms with E-state index >= 15 is 0 Å². The first kappa shape index (κ1) is 12.0. The highest BCUT2D eigenvalue weighted by Gasteiger charge is 2.21. The van der Waals surface area contributed by atoms with Crippen molar-refractivity contribution in [3.8, 4) is 0 Å². The SMILES string of the molecule is CO.O=[N+]([O-])c1ccccc1[N+](=O)[O-]. The lowest BCUT2D eigenvalue weighted by Gasteiger charge is -1.91. The van der Waals surface area contributed by atoms with Crippen LogP contribution in [-0.2, 0) is 0 Å². The van der Waals surface area contributed by atoms with Crippen LogP contribution in [0.3, 0.4) is 0 Å². The summed E-state index contributed by atoms with van der Waals surface area (Å²) < 4.78 is 0. The van der Waals surface area contributed by atoms with Gasteiger partial charge in [0.25, 0.3) is 0 Å². The zero-order valence-corrected chi connectivity index (χ0v) is 7.28. The van der Waals surface area contributed by atoms with E-state index in [0.29, 0.717) is 0 Å². The minimum Gasteiger partial charge on any atom is -0.400 e. The van der Waals surface area contributed by atoms with Crippen LogP contribution in [0.2, 0.25) is 0 Å². The molecule has 0 bridgehead atoms. The van der Waals surface area contributed by atoms with Crippen molar-refractivity contribution >= 4 is 11.4 Å². The van der Waals surface area contributed by atoms with Crippen LogP contribution in [0.4, 0.5) is 11.4 Å². The van der Waals surface area contributed by atoms with Gasteiger partial charge in [-0.3, -0.25) is 20.2 Å². The highest BCUT2D eigenvalue weighted by atomic mass is 16.6. The van der Waals surface area contributed by atoms with Gasteiger partial charge in [0.2, 0.25) is 0 Å². The summed E-state index contributed by atoms with van der Waals surface area (Å²) in [5.41, 5.74) is -0.968. The van der Waals surface area contributed by atoms with E-state index in [0.717, 1.165) is 19.2 Å². The highest BCUT2D eigenvalue weighted by Crippen LogP contribution is 2.24. The molecule has 0 radical (unpaired) electrons. The van der Waals surface area contributed by atoms with Crippen molar-refractivity contribution in [1.82, 2.24) is 0 Å². The molecule has 76 valence electrons. The molecule has 0 saturated heterocycles. The molecule has 0 saturated carbocycles. The number of nitro benzene ring substituents is 2. The Morgan fingerprint density at radius 1 is 1.00 bits per heavy atom. The summed E-state index contributed by atoms with van der Waals surface area (Å²) in [6, 6.07) is 4.95. The van der Waals surface area contributed by atoms with Crippen molar-refractivity contribution in [3.63, 3.8) is 0 Å². The third kappa shape index (κ3) is 2.79. The van der Waals surface area contributed by atoms with E-state index in [9.17, 15) is 20.2 Å². The fraction of sp³-hybridized carbons (Fsp3) is 0.143. The maximum absolute atomic E-state index is 10.2. The van der Waals surface area contributed by atoms with Crippen LogP contribution in [-0.4, -0.2) is 22.1 Å². The third-order valence-electron chi connectivity index (χ3n) is 1.28. The molecule has 0 spiro atoms. The van der Waals surface area contributed by atoms with Crippen LogP contribution < -0.4 is 0 Å². The smallest absolute Gasteiger partial charge is 0.346 e. The van der Waals surface area contributed by atoms with Crippen LogP contribution >= 0.6 is 0 Å². The summed E-state index contributed by atoms with van der Waals surface area (Å²) in [4.78, 5) is 18.9.